The maximum atomic E-state index is 10.6. The molecule has 0 amide bonds. The first kappa shape index (κ1) is 10.3. The van der Waals surface area contributed by atoms with Crippen LogP contribution in [-0.2, 0) is 0 Å². The van der Waals surface area contributed by atoms with E-state index in [-0.39, 0.29) is 0 Å². The predicted octanol–water partition coefficient (Wildman–Crippen LogP) is 3.40. The molecule has 0 atom stereocenters. The number of carbonyl (C=O) groups is 1. The minimum absolute atomic E-state index is 0.315. The lowest BCUT2D eigenvalue weighted by Crippen LogP contribution is -1.79. The molecule has 3 aromatic rings. The van der Waals surface area contributed by atoms with Crippen molar-refractivity contribution in [3.63, 3.8) is 0 Å². The lowest BCUT2D eigenvalue weighted by molar-refractivity contribution is 0.110. The molecule has 0 fully saturated rings. The number of hydrogen-bond donors (Lipinski definition) is 1. The number of furan rings is 1. The van der Waals surface area contributed by atoms with Gasteiger partial charge in [0.2, 0.25) is 0 Å². The van der Waals surface area contributed by atoms with Crippen LogP contribution in [-0.4, -0.2) is 16.5 Å². The molecule has 4 nitrogen and oxygen atoms in total. The van der Waals surface area contributed by atoms with Gasteiger partial charge in [-0.1, -0.05) is 15.9 Å². The summed E-state index contributed by atoms with van der Waals surface area (Å²) in [7, 11) is 0. The number of rotatable bonds is 2. The zero-order chi connectivity index (χ0) is 11.8. The third-order valence-electron chi connectivity index (χ3n) is 2.57. The van der Waals surface area contributed by atoms with Crippen molar-refractivity contribution < 1.29 is 9.21 Å². The quantitative estimate of drug-likeness (QED) is 0.736. The van der Waals surface area contributed by atoms with E-state index in [0.29, 0.717) is 17.8 Å². The SMILES string of the molecule is O=Cc1ccc(-c2ccc(Br)c3cn[nH]c23)o1. The summed E-state index contributed by atoms with van der Waals surface area (Å²) in [5.74, 6) is 0.962. The molecule has 2 aromatic heterocycles. The third-order valence-corrected chi connectivity index (χ3v) is 3.26. The highest BCUT2D eigenvalue weighted by atomic mass is 79.9. The smallest absolute Gasteiger partial charge is 0.185 e. The zero-order valence-corrected chi connectivity index (χ0v) is 10.2. The van der Waals surface area contributed by atoms with Crippen molar-refractivity contribution >= 4 is 33.1 Å². The van der Waals surface area contributed by atoms with Crippen LogP contribution in [0.4, 0.5) is 0 Å². The highest BCUT2D eigenvalue weighted by molar-refractivity contribution is 9.10. The van der Waals surface area contributed by atoms with Crippen molar-refractivity contribution in [2.24, 2.45) is 0 Å². The molecule has 0 bridgehead atoms. The minimum atomic E-state index is 0.315. The zero-order valence-electron chi connectivity index (χ0n) is 8.61. The number of hydrogen-bond acceptors (Lipinski definition) is 3. The Morgan fingerprint density at radius 2 is 2.18 bits per heavy atom. The summed E-state index contributed by atoms with van der Waals surface area (Å²) >= 11 is 3.45. The standard InChI is InChI=1S/C12H7BrN2O2/c13-10-3-2-8(12-9(10)5-14-15-12)11-4-1-7(6-16)17-11/h1-6H,(H,14,15). The summed E-state index contributed by atoms with van der Waals surface area (Å²) in [5, 5.41) is 7.91. The molecule has 0 spiro atoms. The third kappa shape index (κ3) is 1.59. The molecule has 3 rings (SSSR count). The van der Waals surface area contributed by atoms with E-state index in [1.807, 2.05) is 12.1 Å². The van der Waals surface area contributed by atoms with Gasteiger partial charge < -0.3 is 4.42 Å². The van der Waals surface area contributed by atoms with Crippen molar-refractivity contribution in [2.75, 3.05) is 0 Å². The van der Waals surface area contributed by atoms with Crippen LogP contribution in [0.25, 0.3) is 22.2 Å². The summed E-state index contributed by atoms with van der Waals surface area (Å²) in [5.41, 5.74) is 1.76. The van der Waals surface area contributed by atoms with Crippen LogP contribution in [0.1, 0.15) is 10.6 Å². The Morgan fingerprint density at radius 3 is 2.94 bits per heavy atom. The fourth-order valence-corrected chi connectivity index (χ4v) is 2.20. The number of fused-ring (bicyclic) bond motifs is 1. The molecule has 0 aliphatic heterocycles. The molecule has 5 heteroatoms. The summed E-state index contributed by atoms with van der Waals surface area (Å²) in [6.07, 6.45) is 2.43. The predicted molar refractivity (Wildman–Crippen MR) is 66.9 cm³/mol. The number of nitrogens with one attached hydrogen (secondary N) is 1. The number of aromatic nitrogens is 2. The topological polar surface area (TPSA) is 58.9 Å². The first-order chi connectivity index (χ1) is 8.29. The monoisotopic (exact) mass is 290 g/mol. The Labute approximate surface area is 105 Å². The molecule has 1 aromatic carbocycles. The molecule has 0 aliphatic carbocycles. The van der Waals surface area contributed by atoms with Crippen LogP contribution in [0.2, 0.25) is 0 Å². The number of aromatic amines is 1. The van der Waals surface area contributed by atoms with Crippen molar-refractivity contribution in [3.05, 3.63) is 40.7 Å². The van der Waals surface area contributed by atoms with Gasteiger partial charge in [0.15, 0.2) is 12.0 Å². The Hall–Kier alpha value is -1.88. The second-order valence-corrected chi connectivity index (χ2v) is 4.43. The summed E-state index contributed by atoms with van der Waals surface area (Å²) in [6, 6.07) is 7.26. The largest absolute Gasteiger partial charge is 0.453 e. The molecule has 0 saturated carbocycles. The van der Waals surface area contributed by atoms with Gasteiger partial charge in [-0.15, -0.1) is 0 Å². The van der Waals surface area contributed by atoms with Crippen molar-refractivity contribution in [1.82, 2.24) is 10.2 Å². The second-order valence-electron chi connectivity index (χ2n) is 3.57. The summed E-state index contributed by atoms with van der Waals surface area (Å²) in [4.78, 5) is 10.6. The van der Waals surface area contributed by atoms with Crippen molar-refractivity contribution in [1.29, 1.82) is 0 Å². The van der Waals surface area contributed by atoms with Gasteiger partial charge in [-0.2, -0.15) is 5.10 Å². The molecule has 0 unspecified atom stereocenters. The number of aldehydes is 1. The van der Waals surface area contributed by atoms with Gasteiger partial charge in [0, 0.05) is 15.4 Å². The van der Waals surface area contributed by atoms with Crippen LogP contribution in [0.5, 0.6) is 0 Å². The lowest BCUT2D eigenvalue weighted by Gasteiger charge is -2.00. The van der Waals surface area contributed by atoms with E-state index in [2.05, 4.69) is 26.1 Å². The van der Waals surface area contributed by atoms with Gasteiger partial charge in [0.1, 0.15) is 5.76 Å². The van der Waals surface area contributed by atoms with Crippen LogP contribution in [0.3, 0.4) is 0 Å². The minimum Gasteiger partial charge on any atom is -0.453 e. The van der Waals surface area contributed by atoms with Gasteiger partial charge in [-0.3, -0.25) is 9.89 Å². The second kappa shape index (κ2) is 3.85. The van der Waals surface area contributed by atoms with E-state index < -0.39 is 0 Å². The lowest BCUT2D eigenvalue weighted by atomic mass is 10.1. The first-order valence-electron chi connectivity index (χ1n) is 4.96. The molecule has 17 heavy (non-hydrogen) atoms. The maximum absolute atomic E-state index is 10.6. The van der Waals surface area contributed by atoms with Crippen molar-refractivity contribution in [3.8, 4) is 11.3 Å². The van der Waals surface area contributed by atoms with E-state index in [1.165, 1.54) is 0 Å². The molecular weight excluding hydrogens is 284 g/mol. The number of halogens is 1. The molecule has 2 heterocycles. The Bertz CT molecular complexity index is 699. The van der Waals surface area contributed by atoms with Crippen LogP contribution in [0.15, 0.2) is 39.4 Å². The fraction of sp³-hybridized carbons (Fsp3) is 0. The van der Waals surface area contributed by atoms with Gasteiger partial charge in [0.25, 0.3) is 0 Å². The van der Waals surface area contributed by atoms with E-state index in [0.717, 1.165) is 20.9 Å². The average Bonchev–Trinajstić information content (AvgIpc) is 2.98. The molecule has 0 aliphatic rings. The normalized spacial score (nSPS) is 10.9. The number of H-pyrrole nitrogens is 1. The Morgan fingerprint density at radius 1 is 1.29 bits per heavy atom. The summed E-state index contributed by atoms with van der Waals surface area (Å²) < 4.78 is 6.37. The summed E-state index contributed by atoms with van der Waals surface area (Å²) in [6.45, 7) is 0. The van der Waals surface area contributed by atoms with E-state index >= 15 is 0 Å². The highest BCUT2D eigenvalue weighted by Gasteiger charge is 2.11. The molecule has 0 radical (unpaired) electrons. The fourth-order valence-electron chi connectivity index (χ4n) is 1.77. The van der Waals surface area contributed by atoms with Gasteiger partial charge in [-0.25, -0.2) is 0 Å². The average molecular weight is 291 g/mol. The van der Waals surface area contributed by atoms with Gasteiger partial charge in [-0.05, 0) is 24.3 Å². The molecule has 84 valence electrons. The highest BCUT2D eigenvalue weighted by Crippen LogP contribution is 2.32. The number of nitrogens with zero attached hydrogens (tertiary/aromatic N) is 1. The van der Waals surface area contributed by atoms with E-state index in [1.54, 1.807) is 18.3 Å². The van der Waals surface area contributed by atoms with E-state index in [4.69, 9.17) is 4.42 Å². The first-order valence-corrected chi connectivity index (χ1v) is 5.76. The van der Waals surface area contributed by atoms with Crippen LogP contribution < -0.4 is 0 Å². The Balaban J connectivity index is 2.26. The van der Waals surface area contributed by atoms with Crippen LogP contribution in [0, 0.1) is 0 Å². The number of carbonyl (C=O) groups excluding carboxylic acids is 1. The van der Waals surface area contributed by atoms with Gasteiger partial charge in [0.05, 0.1) is 11.7 Å². The Kier molecular flexibility index (Phi) is 2.33. The van der Waals surface area contributed by atoms with Crippen LogP contribution >= 0.6 is 15.9 Å². The van der Waals surface area contributed by atoms with Crippen molar-refractivity contribution in [2.45, 2.75) is 0 Å². The maximum Gasteiger partial charge on any atom is 0.185 e. The van der Waals surface area contributed by atoms with E-state index in [9.17, 15) is 4.79 Å². The molecular formula is C12H7BrN2O2. The molecule has 1 N–H and O–H groups in total. The number of benzene rings is 1. The molecule has 0 saturated heterocycles. The van der Waals surface area contributed by atoms with Gasteiger partial charge >= 0.3 is 0 Å².